The Balaban J connectivity index is 2.17. The van der Waals surface area contributed by atoms with Crippen molar-refractivity contribution >= 4 is 17.6 Å². The molecule has 1 aliphatic rings. The van der Waals surface area contributed by atoms with E-state index in [0.717, 1.165) is 24.1 Å². The highest BCUT2D eigenvalue weighted by Crippen LogP contribution is 2.43. The van der Waals surface area contributed by atoms with Gasteiger partial charge in [0.25, 0.3) is 0 Å². The predicted molar refractivity (Wildman–Crippen MR) is 72.2 cm³/mol. The van der Waals surface area contributed by atoms with Gasteiger partial charge in [-0.25, -0.2) is 9.48 Å². The summed E-state index contributed by atoms with van der Waals surface area (Å²) >= 11 is 6.20. The van der Waals surface area contributed by atoms with Crippen LogP contribution in [0.25, 0.3) is 5.69 Å². The summed E-state index contributed by atoms with van der Waals surface area (Å²) in [6.07, 6.45) is 1.98. The van der Waals surface area contributed by atoms with Crippen LogP contribution in [0, 0.1) is 6.92 Å². The van der Waals surface area contributed by atoms with Crippen molar-refractivity contribution in [3.63, 3.8) is 0 Å². The third kappa shape index (κ3) is 2.12. The molecule has 1 aromatic carbocycles. The first-order valence-electron chi connectivity index (χ1n) is 6.16. The average molecular weight is 277 g/mol. The Labute approximate surface area is 115 Å². The van der Waals surface area contributed by atoms with Crippen molar-refractivity contribution in [2.75, 3.05) is 0 Å². The van der Waals surface area contributed by atoms with E-state index in [2.05, 4.69) is 5.10 Å². The van der Waals surface area contributed by atoms with Gasteiger partial charge in [0.05, 0.1) is 11.4 Å². The Morgan fingerprint density at radius 3 is 2.79 bits per heavy atom. The van der Waals surface area contributed by atoms with Crippen molar-refractivity contribution in [3.05, 3.63) is 46.2 Å². The zero-order valence-corrected chi connectivity index (χ0v) is 11.2. The topological polar surface area (TPSA) is 55.1 Å². The first-order valence-corrected chi connectivity index (χ1v) is 6.54. The summed E-state index contributed by atoms with van der Waals surface area (Å²) in [7, 11) is 0. The maximum absolute atomic E-state index is 11.3. The van der Waals surface area contributed by atoms with Crippen LogP contribution >= 0.6 is 11.6 Å². The highest BCUT2D eigenvalue weighted by Gasteiger charge is 2.34. The Morgan fingerprint density at radius 1 is 1.47 bits per heavy atom. The summed E-state index contributed by atoms with van der Waals surface area (Å²) in [5.74, 6) is -0.763. The molecule has 5 heteroatoms. The molecule has 1 aromatic heterocycles. The third-order valence-electron chi connectivity index (χ3n) is 3.28. The molecule has 1 N–H and O–H groups in total. The standard InChI is InChI=1S/C14H13ClN2O2/c1-8-3-2-4-10(7-8)17-13(15)11(14(18)19)12(16-17)9-5-6-9/h2-4,7,9H,5-6H2,1H3,(H,18,19). The van der Waals surface area contributed by atoms with Crippen molar-refractivity contribution in [3.8, 4) is 5.69 Å². The number of nitrogens with zero attached hydrogens (tertiary/aromatic N) is 2. The van der Waals surface area contributed by atoms with Gasteiger partial charge in [0.2, 0.25) is 0 Å². The van der Waals surface area contributed by atoms with E-state index in [0.29, 0.717) is 5.69 Å². The summed E-state index contributed by atoms with van der Waals surface area (Å²) in [4.78, 5) is 11.3. The van der Waals surface area contributed by atoms with Gasteiger partial charge in [0, 0.05) is 5.92 Å². The summed E-state index contributed by atoms with van der Waals surface area (Å²) in [5, 5.41) is 13.9. The van der Waals surface area contributed by atoms with Crippen molar-refractivity contribution in [1.82, 2.24) is 9.78 Å². The molecule has 1 heterocycles. The van der Waals surface area contributed by atoms with Crippen LogP contribution in [0.15, 0.2) is 24.3 Å². The van der Waals surface area contributed by atoms with Gasteiger partial charge in [-0.15, -0.1) is 0 Å². The zero-order chi connectivity index (χ0) is 13.6. The molecule has 0 spiro atoms. The lowest BCUT2D eigenvalue weighted by Crippen LogP contribution is -2.00. The number of aryl methyl sites for hydroxylation is 1. The van der Waals surface area contributed by atoms with Gasteiger partial charge in [0.1, 0.15) is 10.7 Å². The largest absolute Gasteiger partial charge is 0.478 e. The maximum atomic E-state index is 11.3. The first kappa shape index (κ1) is 12.2. The van der Waals surface area contributed by atoms with Gasteiger partial charge in [0.15, 0.2) is 0 Å². The lowest BCUT2D eigenvalue weighted by Gasteiger charge is -2.03. The number of halogens is 1. The number of carbonyl (C=O) groups is 1. The molecule has 1 saturated carbocycles. The van der Waals surface area contributed by atoms with Gasteiger partial charge in [-0.3, -0.25) is 0 Å². The van der Waals surface area contributed by atoms with E-state index in [1.165, 1.54) is 4.68 Å². The van der Waals surface area contributed by atoms with E-state index in [9.17, 15) is 9.90 Å². The molecule has 1 fully saturated rings. The number of carboxylic acid groups (broad SMARTS) is 1. The molecule has 3 rings (SSSR count). The van der Waals surface area contributed by atoms with Gasteiger partial charge in [-0.2, -0.15) is 5.10 Å². The molecule has 4 nitrogen and oxygen atoms in total. The fourth-order valence-corrected chi connectivity index (χ4v) is 2.50. The van der Waals surface area contributed by atoms with Crippen LogP contribution in [0.1, 0.15) is 40.4 Å². The van der Waals surface area contributed by atoms with Crippen LogP contribution in [0.3, 0.4) is 0 Å². The summed E-state index contributed by atoms with van der Waals surface area (Å²) in [5.41, 5.74) is 2.62. The third-order valence-corrected chi connectivity index (χ3v) is 3.63. The fourth-order valence-electron chi connectivity index (χ4n) is 2.18. The number of hydrogen-bond acceptors (Lipinski definition) is 2. The van der Waals surface area contributed by atoms with E-state index in [4.69, 9.17) is 11.6 Å². The van der Waals surface area contributed by atoms with Crippen molar-refractivity contribution in [2.45, 2.75) is 25.7 Å². The molecule has 0 atom stereocenters. The minimum Gasteiger partial charge on any atom is -0.478 e. The lowest BCUT2D eigenvalue weighted by atomic mass is 10.2. The predicted octanol–water partition coefficient (Wildman–Crippen LogP) is 3.41. The Bertz CT molecular complexity index is 659. The van der Waals surface area contributed by atoms with Gasteiger partial charge < -0.3 is 5.11 Å². The number of benzene rings is 1. The van der Waals surface area contributed by atoms with Crippen LogP contribution < -0.4 is 0 Å². The van der Waals surface area contributed by atoms with Crippen molar-refractivity contribution in [2.24, 2.45) is 0 Å². The summed E-state index contributed by atoms with van der Waals surface area (Å²) < 4.78 is 1.52. The normalized spacial score (nSPS) is 14.6. The average Bonchev–Trinajstić information content (AvgIpc) is 3.13. The van der Waals surface area contributed by atoms with Crippen molar-refractivity contribution in [1.29, 1.82) is 0 Å². The monoisotopic (exact) mass is 276 g/mol. The molecule has 0 amide bonds. The molecule has 1 aliphatic carbocycles. The first-order chi connectivity index (χ1) is 9.08. The van der Waals surface area contributed by atoms with E-state index in [1.807, 2.05) is 31.2 Å². The molecular weight excluding hydrogens is 264 g/mol. The number of aromatic nitrogens is 2. The minimum atomic E-state index is -1.01. The molecule has 0 saturated heterocycles. The smallest absolute Gasteiger partial charge is 0.340 e. The van der Waals surface area contributed by atoms with E-state index in [-0.39, 0.29) is 16.6 Å². The van der Waals surface area contributed by atoms with Crippen LogP contribution in [0.4, 0.5) is 0 Å². The highest BCUT2D eigenvalue weighted by molar-refractivity contribution is 6.33. The summed E-state index contributed by atoms with van der Waals surface area (Å²) in [6, 6.07) is 7.68. The Hall–Kier alpha value is -1.81. The number of carboxylic acids is 1. The molecule has 19 heavy (non-hydrogen) atoms. The van der Waals surface area contributed by atoms with E-state index >= 15 is 0 Å². The summed E-state index contributed by atoms with van der Waals surface area (Å²) in [6.45, 7) is 1.97. The van der Waals surface area contributed by atoms with Gasteiger partial charge in [-0.05, 0) is 37.5 Å². The molecule has 0 bridgehead atoms. The quantitative estimate of drug-likeness (QED) is 0.935. The van der Waals surface area contributed by atoms with Crippen LogP contribution in [0.5, 0.6) is 0 Å². The lowest BCUT2D eigenvalue weighted by molar-refractivity contribution is 0.0696. The molecule has 0 aliphatic heterocycles. The number of aromatic carboxylic acids is 1. The second-order valence-electron chi connectivity index (χ2n) is 4.88. The molecule has 2 aromatic rings. The van der Waals surface area contributed by atoms with E-state index < -0.39 is 5.97 Å². The molecule has 0 unspecified atom stereocenters. The minimum absolute atomic E-state index is 0.144. The van der Waals surface area contributed by atoms with E-state index in [1.54, 1.807) is 0 Å². The fraction of sp³-hybridized carbons (Fsp3) is 0.286. The number of hydrogen-bond donors (Lipinski definition) is 1. The highest BCUT2D eigenvalue weighted by atomic mass is 35.5. The zero-order valence-electron chi connectivity index (χ0n) is 10.4. The van der Waals surface area contributed by atoms with Crippen molar-refractivity contribution < 1.29 is 9.90 Å². The Kier molecular flexibility index (Phi) is 2.82. The maximum Gasteiger partial charge on any atom is 0.340 e. The molecular formula is C14H13ClN2O2. The Morgan fingerprint density at radius 2 is 2.21 bits per heavy atom. The molecule has 0 radical (unpaired) electrons. The van der Waals surface area contributed by atoms with Gasteiger partial charge in [-0.1, -0.05) is 23.7 Å². The SMILES string of the molecule is Cc1cccc(-n2nc(C3CC3)c(C(=O)O)c2Cl)c1. The second-order valence-corrected chi connectivity index (χ2v) is 5.24. The van der Waals surface area contributed by atoms with Crippen LogP contribution in [0.2, 0.25) is 5.15 Å². The molecule has 98 valence electrons. The number of rotatable bonds is 3. The van der Waals surface area contributed by atoms with Crippen LogP contribution in [-0.2, 0) is 0 Å². The van der Waals surface area contributed by atoms with Crippen LogP contribution in [-0.4, -0.2) is 20.9 Å². The van der Waals surface area contributed by atoms with Gasteiger partial charge >= 0.3 is 5.97 Å². The second kappa shape index (κ2) is 4.38.